The van der Waals surface area contributed by atoms with Gasteiger partial charge in [0, 0.05) is 17.7 Å². The van der Waals surface area contributed by atoms with Crippen molar-refractivity contribution in [1.29, 1.82) is 0 Å². The Hall–Kier alpha value is -2.28. The Morgan fingerprint density at radius 1 is 1.13 bits per heavy atom. The molecule has 0 aliphatic carbocycles. The van der Waals surface area contributed by atoms with Crippen LogP contribution >= 0.6 is 0 Å². The molecule has 7 nitrogen and oxygen atoms in total. The van der Waals surface area contributed by atoms with Gasteiger partial charge < -0.3 is 4.42 Å². The Morgan fingerprint density at radius 3 is 2.39 bits per heavy atom. The van der Waals surface area contributed by atoms with Crippen molar-refractivity contribution in [3.8, 4) is 11.5 Å². The van der Waals surface area contributed by atoms with Gasteiger partial charge in [-0.3, -0.25) is 15.0 Å². The molecule has 1 fully saturated rings. The fraction of sp³-hybridized carbons (Fsp3) is 0.500. The summed E-state index contributed by atoms with van der Waals surface area (Å²) in [6.07, 6.45) is 4.96. The fourth-order valence-electron chi connectivity index (χ4n) is 2.88. The topological polar surface area (TPSA) is 85.3 Å². The second kappa shape index (κ2) is 6.87. The number of nitrogens with zero attached hydrogens (tertiary/aromatic N) is 4. The van der Waals surface area contributed by atoms with Crippen molar-refractivity contribution in [3.05, 3.63) is 40.3 Å². The van der Waals surface area contributed by atoms with E-state index in [0.717, 1.165) is 13.1 Å². The average molecular weight is 316 g/mol. The number of hydrogen-bond donors (Lipinski definition) is 0. The van der Waals surface area contributed by atoms with Gasteiger partial charge >= 0.3 is 0 Å². The predicted octanol–water partition coefficient (Wildman–Crippen LogP) is 3.58. The highest BCUT2D eigenvalue weighted by Crippen LogP contribution is 2.26. The zero-order valence-electron chi connectivity index (χ0n) is 13.1. The summed E-state index contributed by atoms with van der Waals surface area (Å²) in [6.45, 7) is 4.19. The quantitative estimate of drug-likeness (QED) is 0.633. The zero-order chi connectivity index (χ0) is 16.2. The van der Waals surface area contributed by atoms with Crippen molar-refractivity contribution in [1.82, 2.24) is 15.1 Å². The maximum atomic E-state index is 10.7. The van der Waals surface area contributed by atoms with Crippen LogP contribution in [0.25, 0.3) is 11.5 Å². The second-order valence-electron chi connectivity index (χ2n) is 5.88. The predicted molar refractivity (Wildman–Crippen MR) is 84.8 cm³/mol. The van der Waals surface area contributed by atoms with Crippen molar-refractivity contribution in [2.24, 2.45) is 0 Å². The number of non-ortho nitro benzene ring substituents is 1. The molecule has 1 aliphatic rings. The van der Waals surface area contributed by atoms with Crippen LogP contribution in [0.1, 0.15) is 44.5 Å². The van der Waals surface area contributed by atoms with Crippen LogP contribution in [0.3, 0.4) is 0 Å². The van der Waals surface area contributed by atoms with Crippen molar-refractivity contribution < 1.29 is 9.34 Å². The molecular formula is C16H20N4O3. The first-order chi connectivity index (χ1) is 11.1. The number of benzene rings is 1. The van der Waals surface area contributed by atoms with E-state index in [2.05, 4.69) is 22.0 Å². The summed E-state index contributed by atoms with van der Waals surface area (Å²) in [5.74, 6) is 0.997. The lowest BCUT2D eigenvalue weighted by molar-refractivity contribution is -0.384. The molecule has 0 bridgehead atoms. The van der Waals surface area contributed by atoms with Crippen LogP contribution in [0.2, 0.25) is 0 Å². The van der Waals surface area contributed by atoms with Gasteiger partial charge in [-0.2, -0.15) is 0 Å². The van der Waals surface area contributed by atoms with Gasteiger partial charge in [-0.15, -0.1) is 10.2 Å². The van der Waals surface area contributed by atoms with E-state index in [9.17, 15) is 10.1 Å². The van der Waals surface area contributed by atoms with Gasteiger partial charge in [0.15, 0.2) is 0 Å². The van der Waals surface area contributed by atoms with Crippen LogP contribution in [-0.2, 0) is 0 Å². The van der Waals surface area contributed by atoms with Gasteiger partial charge in [0.05, 0.1) is 11.0 Å². The number of rotatable bonds is 4. The van der Waals surface area contributed by atoms with Crippen LogP contribution in [0, 0.1) is 10.1 Å². The third-order valence-corrected chi connectivity index (χ3v) is 4.31. The van der Waals surface area contributed by atoms with Crippen LogP contribution < -0.4 is 0 Å². The van der Waals surface area contributed by atoms with E-state index in [1.165, 1.54) is 37.8 Å². The summed E-state index contributed by atoms with van der Waals surface area (Å²) in [6, 6.07) is 6.24. The molecule has 1 saturated heterocycles. The Labute approximate surface area is 134 Å². The number of hydrogen-bond acceptors (Lipinski definition) is 6. The first kappa shape index (κ1) is 15.6. The minimum atomic E-state index is -0.426. The summed E-state index contributed by atoms with van der Waals surface area (Å²) in [5.41, 5.74) is 0.740. The van der Waals surface area contributed by atoms with Gasteiger partial charge in [-0.25, -0.2) is 0 Å². The van der Waals surface area contributed by atoms with Gasteiger partial charge in [0.1, 0.15) is 0 Å². The molecule has 7 heteroatoms. The zero-order valence-corrected chi connectivity index (χ0v) is 13.1. The highest BCUT2D eigenvalue weighted by atomic mass is 16.6. The lowest BCUT2D eigenvalue weighted by Crippen LogP contribution is -2.28. The average Bonchev–Trinajstić information content (AvgIpc) is 2.90. The summed E-state index contributed by atoms with van der Waals surface area (Å²) in [7, 11) is 0. The number of nitro groups is 1. The molecule has 0 radical (unpaired) electrons. The SMILES string of the molecule is C[C@H](c1nnc(-c2ccc([N+](=O)[O-])cc2)o1)N1CCCCCC1. The molecule has 1 atom stereocenters. The highest BCUT2D eigenvalue weighted by Gasteiger charge is 2.22. The summed E-state index contributed by atoms with van der Waals surface area (Å²) in [5, 5.41) is 18.9. The molecule has 0 saturated carbocycles. The monoisotopic (exact) mass is 316 g/mol. The summed E-state index contributed by atoms with van der Waals surface area (Å²) < 4.78 is 5.79. The van der Waals surface area contributed by atoms with E-state index >= 15 is 0 Å². The van der Waals surface area contributed by atoms with Gasteiger partial charge in [0.25, 0.3) is 5.69 Å². The molecule has 0 amide bonds. The molecule has 1 aromatic heterocycles. The van der Waals surface area contributed by atoms with Gasteiger partial charge in [0.2, 0.25) is 11.8 Å². The molecule has 23 heavy (non-hydrogen) atoms. The fourth-order valence-corrected chi connectivity index (χ4v) is 2.88. The van der Waals surface area contributed by atoms with E-state index < -0.39 is 4.92 Å². The molecule has 122 valence electrons. The van der Waals surface area contributed by atoms with Crippen LogP contribution in [0.15, 0.2) is 28.7 Å². The maximum Gasteiger partial charge on any atom is 0.269 e. The molecule has 1 aromatic carbocycles. The Morgan fingerprint density at radius 2 is 1.78 bits per heavy atom. The molecule has 2 heterocycles. The molecule has 3 rings (SSSR count). The lowest BCUT2D eigenvalue weighted by Gasteiger charge is -2.24. The summed E-state index contributed by atoms with van der Waals surface area (Å²) in [4.78, 5) is 12.6. The number of aromatic nitrogens is 2. The van der Waals surface area contributed by atoms with Gasteiger partial charge in [-0.05, 0) is 45.0 Å². The van der Waals surface area contributed by atoms with Crippen LogP contribution in [0.4, 0.5) is 5.69 Å². The van der Waals surface area contributed by atoms with E-state index in [-0.39, 0.29) is 11.7 Å². The van der Waals surface area contributed by atoms with Crippen LogP contribution in [0.5, 0.6) is 0 Å². The third kappa shape index (κ3) is 3.56. The molecule has 0 N–H and O–H groups in total. The third-order valence-electron chi connectivity index (χ3n) is 4.31. The molecule has 0 unspecified atom stereocenters. The normalized spacial score (nSPS) is 17.6. The van der Waals surface area contributed by atoms with E-state index in [0.29, 0.717) is 17.3 Å². The standard InChI is InChI=1S/C16H20N4O3/c1-12(19-10-4-2-3-5-11-19)15-17-18-16(23-15)13-6-8-14(9-7-13)20(21)22/h6-9,12H,2-5,10-11H2,1H3/t12-/m1/s1. The largest absolute Gasteiger partial charge is 0.419 e. The number of likely N-dealkylation sites (tertiary alicyclic amines) is 1. The van der Waals surface area contributed by atoms with Crippen molar-refractivity contribution in [2.75, 3.05) is 13.1 Å². The second-order valence-corrected chi connectivity index (χ2v) is 5.88. The Balaban J connectivity index is 1.75. The molecular weight excluding hydrogens is 296 g/mol. The van der Waals surface area contributed by atoms with E-state index in [4.69, 9.17) is 4.42 Å². The van der Waals surface area contributed by atoms with Crippen LogP contribution in [-0.4, -0.2) is 33.1 Å². The molecule has 2 aromatic rings. The Kier molecular flexibility index (Phi) is 4.66. The highest BCUT2D eigenvalue weighted by molar-refractivity contribution is 5.55. The minimum absolute atomic E-state index is 0.0476. The minimum Gasteiger partial charge on any atom is -0.419 e. The smallest absolute Gasteiger partial charge is 0.269 e. The van der Waals surface area contributed by atoms with Crippen molar-refractivity contribution in [3.63, 3.8) is 0 Å². The summed E-state index contributed by atoms with van der Waals surface area (Å²) >= 11 is 0. The lowest BCUT2D eigenvalue weighted by atomic mass is 10.2. The van der Waals surface area contributed by atoms with E-state index in [1.54, 1.807) is 12.1 Å². The Bertz CT molecular complexity index is 660. The number of nitro benzene ring substituents is 1. The van der Waals surface area contributed by atoms with Crippen molar-refractivity contribution in [2.45, 2.75) is 38.6 Å². The van der Waals surface area contributed by atoms with Gasteiger partial charge in [-0.1, -0.05) is 12.8 Å². The molecule has 1 aliphatic heterocycles. The van der Waals surface area contributed by atoms with Crippen molar-refractivity contribution >= 4 is 5.69 Å². The maximum absolute atomic E-state index is 10.7. The van der Waals surface area contributed by atoms with E-state index in [1.807, 2.05) is 0 Å². The first-order valence-corrected chi connectivity index (χ1v) is 7.97. The first-order valence-electron chi connectivity index (χ1n) is 7.97. The molecule has 0 spiro atoms.